The minimum Gasteiger partial charge on any atom is -0.380 e. The van der Waals surface area contributed by atoms with Gasteiger partial charge in [-0.25, -0.2) is 0 Å². The van der Waals surface area contributed by atoms with Crippen molar-refractivity contribution in [1.29, 1.82) is 0 Å². The molecular weight excluding hydrogens is 256 g/mol. The van der Waals surface area contributed by atoms with Crippen molar-refractivity contribution in [3.05, 3.63) is 39.4 Å². The van der Waals surface area contributed by atoms with Gasteiger partial charge < -0.3 is 10.1 Å². The zero-order valence-corrected chi connectivity index (χ0v) is 12.3. The van der Waals surface area contributed by atoms with Crippen LogP contribution < -0.4 is 5.32 Å². The highest BCUT2D eigenvalue weighted by molar-refractivity contribution is 5.43. The van der Waals surface area contributed by atoms with Crippen LogP contribution in [0.4, 0.5) is 5.69 Å². The highest BCUT2D eigenvalue weighted by Gasteiger charge is 2.28. The first-order chi connectivity index (χ1) is 9.52. The Kier molecular flexibility index (Phi) is 4.73. The van der Waals surface area contributed by atoms with Crippen molar-refractivity contribution < 1.29 is 9.66 Å². The second-order valence-electron chi connectivity index (χ2n) is 5.50. The van der Waals surface area contributed by atoms with Crippen LogP contribution in [0.3, 0.4) is 0 Å². The quantitative estimate of drug-likeness (QED) is 0.664. The maximum absolute atomic E-state index is 11.0. The molecule has 0 heterocycles. The average Bonchev–Trinajstić information content (AvgIpc) is 2.86. The van der Waals surface area contributed by atoms with Crippen LogP contribution in [0.5, 0.6) is 0 Å². The molecular formula is C15H22N2O3. The third-order valence-corrected chi connectivity index (χ3v) is 4.15. The predicted octanol–water partition coefficient (Wildman–Crippen LogP) is 3.12. The molecule has 2 rings (SSSR count). The molecule has 1 aromatic rings. The van der Waals surface area contributed by atoms with Gasteiger partial charge in [0.15, 0.2) is 0 Å². The number of nitro groups is 1. The topological polar surface area (TPSA) is 64.4 Å². The maximum atomic E-state index is 11.0. The summed E-state index contributed by atoms with van der Waals surface area (Å²) < 4.78 is 5.47. The van der Waals surface area contributed by atoms with Crippen molar-refractivity contribution in [2.45, 2.75) is 51.3 Å². The van der Waals surface area contributed by atoms with E-state index in [-0.39, 0.29) is 22.8 Å². The van der Waals surface area contributed by atoms with E-state index in [0.717, 1.165) is 24.8 Å². The number of ether oxygens (including phenoxy) is 1. The Balaban J connectivity index is 2.11. The summed E-state index contributed by atoms with van der Waals surface area (Å²) in [5.74, 6) is 0. The Bertz CT molecular complexity index is 490. The summed E-state index contributed by atoms with van der Waals surface area (Å²) in [6, 6.07) is 5.85. The molecule has 0 spiro atoms. The van der Waals surface area contributed by atoms with E-state index in [1.165, 1.54) is 0 Å². The van der Waals surface area contributed by atoms with Gasteiger partial charge in [0.05, 0.1) is 11.0 Å². The molecule has 1 saturated carbocycles. The molecule has 1 aromatic carbocycles. The summed E-state index contributed by atoms with van der Waals surface area (Å²) in [6.07, 6.45) is 3.58. The first kappa shape index (κ1) is 14.9. The van der Waals surface area contributed by atoms with Gasteiger partial charge in [-0.3, -0.25) is 10.1 Å². The predicted molar refractivity (Wildman–Crippen MR) is 77.8 cm³/mol. The first-order valence-electron chi connectivity index (χ1n) is 7.06. The normalized spacial score (nSPS) is 23.8. The lowest BCUT2D eigenvalue weighted by atomic mass is 10.0. The zero-order chi connectivity index (χ0) is 14.7. The number of nitrogens with zero attached hydrogens (tertiary/aromatic N) is 1. The molecule has 3 atom stereocenters. The summed E-state index contributed by atoms with van der Waals surface area (Å²) in [7, 11) is 1.74. The van der Waals surface area contributed by atoms with E-state index in [4.69, 9.17) is 4.74 Å². The summed E-state index contributed by atoms with van der Waals surface area (Å²) >= 11 is 0. The molecule has 110 valence electrons. The Morgan fingerprint density at radius 3 is 2.85 bits per heavy atom. The Hall–Kier alpha value is -1.46. The molecule has 1 aliphatic rings. The Morgan fingerprint density at radius 2 is 2.20 bits per heavy atom. The third kappa shape index (κ3) is 3.16. The summed E-state index contributed by atoms with van der Waals surface area (Å²) in [6.45, 7) is 3.80. The average molecular weight is 278 g/mol. The van der Waals surface area contributed by atoms with Gasteiger partial charge in [0, 0.05) is 30.8 Å². The van der Waals surface area contributed by atoms with E-state index >= 15 is 0 Å². The summed E-state index contributed by atoms with van der Waals surface area (Å²) in [5.41, 5.74) is 1.83. The summed E-state index contributed by atoms with van der Waals surface area (Å²) in [5, 5.41) is 14.5. The van der Waals surface area contributed by atoms with Crippen LogP contribution in [0, 0.1) is 17.0 Å². The van der Waals surface area contributed by atoms with Crippen LogP contribution in [-0.2, 0) is 4.74 Å². The highest BCUT2D eigenvalue weighted by Crippen LogP contribution is 2.27. The molecule has 0 amide bonds. The SMILES string of the molecule is COC1CCCC1NC(C)c1ccc(C)c([N+](=O)[O-])c1. The lowest BCUT2D eigenvalue weighted by Crippen LogP contribution is -2.38. The Labute approximate surface area is 119 Å². The number of benzene rings is 1. The molecule has 0 bridgehead atoms. The van der Waals surface area contributed by atoms with Crippen molar-refractivity contribution in [1.82, 2.24) is 5.32 Å². The van der Waals surface area contributed by atoms with Crippen molar-refractivity contribution in [3.8, 4) is 0 Å². The van der Waals surface area contributed by atoms with Crippen LogP contribution in [-0.4, -0.2) is 24.2 Å². The van der Waals surface area contributed by atoms with Crippen LogP contribution in [0.2, 0.25) is 0 Å². The van der Waals surface area contributed by atoms with Crippen LogP contribution in [0.15, 0.2) is 18.2 Å². The highest BCUT2D eigenvalue weighted by atomic mass is 16.6. The van der Waals surface area contributed by atoms with Crippen LogP contribution >= 0.6 is 0 Å². The van der Waals surface area contributed by atoms with Gasteiger partial charge in [-0.1, -0.05) is 12.1 Å². The minimum atomic E-state index is -0.320. The molecule has 0 saturated heterocycles. The molecule has 5 nitrogen and oxygen atoms in total. The smallest absolute Gasteiger partial charge is 0.272 e. The molecule has 5 heteroatoms. The lowest BCUT2D eigenvalue weighted by Gasteiger charge is -2.24. The van der Waals surface area contributed by atoms with E-state index < -0.39 is 0 Å². The minimum absolute atomic E-state index is 0.0787. The van der Waals surface area contributed by atoms with Gasteiger partial charge in [-0.05, 0) is 38.7 Å². The number of nitrogens with one attached hydrogen (secondary N) is 1. The monoisotopic (exact) mass is 278 g/mol. The van der Waals surface area contributed by atoms with Crippen molar-refractivity contribution >= 4 is 5.69 Å². The van der Waals surface area contributed by atoms with Gasteiger partial charge in [0.1, 0.15) is 0 Å². The first-order valence-corrected chi connectivity index (χ1v) is 7.06. The van der Waals surface area contributed by atoms with Gasteiger partial charge in [0.25, 0.3) is 5.69 Å². The molecule has 1 aliphatic carbocycles. The van der Waals surface area contributed by atoms with Gasteiger partial charge >= 0.3 is 0 Å². The second-order valence-corrected chi connectivity index (χ2v) is 5.50. The van der Waals surface area contributed by atoms with E-state index in [9.17, 15) is 10.1 Å². The van der Waals surface area contributed by atoms with Crippen LogP contribution in [0.1, 0.15) is 43.4 Å². The number of methoxy groups -OCH3 is 1. The Morgan fingerprint density at radius 1 is 1.45 bits per heavy atom. The fourth-order valence-corrected chi connectivity index (χ4v) is 2.91. The van der Waals surface area contributed by atoms with E-state index in [1.54, 1.807) is 20.1 Å². The van der Waals surface area contributed by atoms with Gasteiger partial charge in [-0.15, -0.1) is 0 Å². The standard InChI is InChI=1S/C15H22N2O3/c1-10-7-8-12(9-14(10)17(18)19)11(2)16-13-5-4-6-15(13)20-3/h7-9,11,13,15-16H,4-6H2,1-3H3. The molecule has 0 aromatic heterocycles. The number of rotatable bonds is 5. The third-order valence-electron chi connectivity index (χ3n) is 4.15. The van der Waals surface area contributed by atoms with Crippen molar-refractivity contribution in [2.24, 2.45) is 0 Å². The lowest BCUT2D eigenvalue weighted by molar-refractivity contribution is -0.385. The number of hydrogen-bond acceptors (Lipinski definition) is 4. The van der Waals surface area contributed by atoms with E-state index in [1.807, 2.05) is 19.1 Å². The largest absolute Gasteiger partial charge is 0.380 e. The second kappa shape index (κ2) is 6.33. The van der Waals surface area contributed by atoms with E-state index in [2.05, 4.69) is 5.32 Å². The van der Waals surface area contributed by atoms with Crippen LogP contribution in [0.25, 0.3) is 0 Å². The molecule has 1 N–H and O–H groups in total. The molecule has 3 unspecified atom stereocenters. The molecule has 0 radical (unpaired) electrons. The van der Waals surface area contributed by atoms with Crippen molar-refractivity contribution in [3.63, 3.8) is 0 Å². The van der Waals surface area contributed by atoms with Gasteiger partial charge in [0.2, 0.25) is 0 Å². The fourth-order valence-electron chi connectivity index (χ4n) is 2.91. The molecule has 20 heavy (non-hydrogen) atoms. The number of hydrogen-bond donors (Lipinski definition) is 1. The molecule has 1 fully saturated rings. The zero-order valence-electron chi connectivity index (χ0n) is 12.3. The number of nitro benzene ring substituents is 1. The van der Waals surface area contributed by atoms with Gasteiger partial charge in [-0.2, -0.15) is 0 Å². The maximum Gasteiger partial charge on any atom is 0.272 e. The van der Waals surface area contributed by atoms with Crippen molar-refractivity contribution in [2.75, 3.05) is 7.11 Å². The van der Waals surface area contributed by atoms with E-state index in [0.29, 0.717) is 11.6 Å². The molecule has 0 aliphatic heterocycles. The number of aryl methyl sites for hydroxylation is 1. The summed E-state index contributed by atoms with van der Waals surface area (Å²) in [4.78, 5) is 10.7. The fraction of sp³-hybridized carbons (Fsp3) is 0.600.